The molecule has 6 heteroatoms. The lowest BCUT2D eigenvalue weighted by Crippen LogP contribution is -2.48. The highest BCUT2D eigenvalue weighted by atomic mass is 35.5. The van der Waals surface area contributed by atoms with Crippen LogP contribution in [0.1, 0.15) is 31.2 Å². The second kappa shape index (κ2) is 8.57. The van der Waals surface area contributed by atoms with Crippen molar-refractivity contribution in [2.45, 2.75) is 25.7 Å². The van der Waals surface area contributed by atoms with Gasteiger partial charge in [-0.1, -0.05) is 23.7 Å². The Kier molecular flexibility index (Phi) is 6.18. The van der Waals surface area contributed by atoms with Gasteiger partial charge >= 0.3 is 6.03 Å². The van der Waals surface area contributed by atoms with Crippen molar-refractivity contribution >= 4 is 23.2 Å². The van der Waals surface area contributed by atoms with Crippen LogP contribution in [0.4, 0.5) is 4.79 Å². The molecule has 1 aromatic carbocycles. The Morgan fingerprint density at radius 2 is 1.69 bits per heavy atom. The average molecular weight is 374 g/mol. The van der Waals surface area contributed by atoms with Crippen molar-refractivity contribution in [2.24, 2.45) is 5.92 Å². The van der Waals surface area contributed by atoms with Gasteiger partial charge in [0, 0.05) is 37.8 Å². The standard InChI is InChI=1S/C20H24ClN3O2/c21-18-3-1-16(2-4-18)19(13-22)17-7-11-24(12-8-17)20(26)23-9-5-15(14-25)6-10-23/h1-4,15,25H,5-12,14H2. The van der Waals surface area contributed by atoms with E-state index < -0.39 is 0 Å². The fourth-order valence-corrected chi connectivity index (χ4v) is 3.82. The van der Waals surface area contributed by atoms with Gasteiger partial charge in [0.05, 0.1) is 11.6 Å². The molecule has 0 bridgehead atoms. The molecule has 3 rings (SSSR count). The zero-order valence-electron chi connectivity index (χ0n) is 14.8. The number of aliphatic hydroxyl groups is 1. The molecule has 2 heterocycles. The molecule has 1 aromatic rings. The van der Waals surface area contributed by atoms with Crippen LogP contribution in [0.3, 0.4) is 0 Å². The van der Waals surface area contributed by atoms with E-state index in [0.29, 0.717) is 29.6 Å². The summed E-state index contributed by atoms with van der Waals surface area (Å²) in [7, 11) is 0. The van der Waals surface area contributed by atoms with E-state index in [4.69, 9.17) is 11.6 Å². The minimum absolute atomic E-state index is 0.0884. The van der Waals surface area contributed by atoms with Crippen LogP contribution in [-0.2, 0) is 0 Å². The Labute approximate surface area is 159 Å². The second-order valence-electron chi connectivity index (χ2n) is 6.98. The molecule has 0 aliphatic carbocycles. The van der Waals surface area contributed by atoms with Gasteiger partial charge < -0.3 is 14.9 Å². The molecular formula is C20H24ClN3O2. The zero-order valence-corrected chi connectivity index (χ0v) is 15.6. The van der Waals surface area contributed by atoms with Gasteiger partial charge in [0.2, 0.25) is 0 Å². The summed E-state index contributed by atoms with van der Waals surface area (Å²) in [5.74, 6) is 0.326. The quantitative estimate of drug-likeness (QED) is 0.806. The van der Waals surface area contributed by atoms with Gasteiger partial charge in [-0.05, 0) is 54.9 Å². The average Bonchev–Trinajstić information content (AvgIpc) is 2.70. The molecule has 2 saturated heterocycles. The number of likely N-dealkylation sites (tertiary alicyclic amines) is 2. The molecule has 0 saturated carbocycles. The summed E-state index contributed by atoms with van der Waals surface area (Å²) >= 11 is 5.93. The molecule has 0 aromatic heterocycles. The number of hydrogen-bond donors (Lipinski definition) is 1. The molecule has 138 valence electrons. The first-order chi connectivity index (χ1) is 12.6. The molecule has 0 atom stereocenters. The largest absolute Gasteiger partial charge is 0.396 e. The van der Waals surface area contributed by atoms with E-state index in [1.807, 2.05) is 21.9 Å². The highest BCUT2D eigenvalue weighted by Crippen LogP contribution is 2.28. The molecular weight excluding hydrogens is 350 g/mol. The first-order valence-electron chi connectivity index (χ1n) is 9.15. The molecule has 1 N–H and O–H groups in total. The normalized spacial score (nSPS) is 18.6. The number of aliphatic hydroxyl groups excluding tert-OH is 1. The number of rotatable bonds is 2. The number of nitriles is 1. The number of allylic oxidation sites excluding steroid dienone is 1. The van der Waals surface area contributed by atoms with E-state index in [0.717, 1.165) is 49.9 Å². The number of benzene rings is 1. The molecule has 0 unspecified atom stereocenters. The summed E-state index contributed by atoms with van der Waals surface area (Å²) in [6.07, 6.45) is 3.20. The molecule has 2 aliphatic rings. The Balaban J connectivity index is 1.62. The highest BCUT2D eigenvalue weighted by molar-refractivity contribution is 6.30. The molecule has 2 aliphatic heterocycles. The van der Waals surface area contributed by atoms with Crippen LogP contribution in [-0.4, -0.2) is 53.7 Å². The third-order valence-electron chi connectivity index (χ3n) is 5.38. The lowest BCUT2D eigenvalue weighted by molar-refractivity contribution is 0.112. The van der Waals surface area contributed by atoms with Crippen molar-refractivity contribution in [1.82, 2.24) is 9.80 Å². The van der Waals surface area contributed by atoms with Crippen molar-refractivity contribution in [2.75, 3.05) is 32.8 Å². The summed E-state index contributed by atoms with van der Waals surface area (Å²) in [6.45, 7) is 2.94. The lowest BCUT2D eigenvalue weighted by Gasteiger charge is -2.37. The minimum atomic E-state index is 0.0884. The Morgan fingerprint density at radius 1 is 1.12 bits per heavy atom. The first-order valence-corrected chi connectivity index (χ1v) is 9.53. The van der Waals surface area contributed by atoms with Gasteiger partial charge in [-0.15, -0.1) is 0 Å². The smallest absolute Gasteiger partial charge is 0.320 e. The number of halogens is 1. The van der Waals surface area contributed by atoms with Gasteiger partial charge in [-0.25, -0.2) is 4.79 Å². The summed E-state index contributed by atoms with van der Waals surface area (Å²) in [6, 6.07) is 9.75. The molecule has 5 nitrogen and oxygen atoms in total. The fraction of sp³-hybridized carbons (Fsp3) is 0.500. The van der Waals surface area contributed by atoms with E-state index in [1.165, 1.54) is 0 Å². The molecule has 0 radical (unpaired) electrons. The van der Waals surface area contributed by atoms with Crippen molar-refractivity contribution < 1.29 is 9.90 Å². The first kappa shape index (κ1) is 18.8. The maximum Gasteiger partial charge on any atom is 0.320 e. The van der Waals surface area contributed by atoms with Crippen LogP contribution in [0.5, 0.6) is 0 Å². The van der Waals surface area contributed by atoms with Crippen LogP contribution >= 0.6 is 11.6 Å². The van der Waals surface area contributed by atoms with Crippen LogP contribution < -0.4 is 0 Å². The summed E-state index contributed by atoms with van der Waals surface area (Å²) in [4.78, 5) is 16.5. The Bertz CT molecular complexity index is 706. The van der Waals surface area contributed by atoms with Gasteiger partial charge in [0.15, 0.2) is 0 Å². The SMILES string of the molecule is N#CC(=C1CCN(C(=O)N2CCC(CO)CC2)CC1)c1ccc(Cl)cc1. The van der Waals surface area contributed by atoms with Crippen molar-refractivity contribution in [3.8, 4) is 6.07 Å². The summed E-state index contributed by atoms with van der Waals surface area (Å²) in [5.41, 5.74) is 2.70. The molecule has 26 heavy (non-hydrogen) atoms. The van der Waals surface area contributed by atoms with Crippen LogP contribution in [0.15, 0.2) is 29.8 Å². The van der Waals surface area contributed by atoms with Crippen LogP contribution in [0, 0.1) is 17.2 Å². The van der Waals surface area contributed by atoms with Gasteiger partial charge in [0.25, 0.3) is 0 Å². The van der Waals surface area contributed by atoms with Gasteiger partial charge in [-0.3, -0.25) is 0 Å². The van der Waals surface area contributed by atoms with E-state index >= 15 is 0 Å². The number of piperidine rings is 2. The third-order valence-corrected chi connectivity index (χ3v) is 5.63. The predicted molar refractivity (Wildman–Crippen MR) is 102 cm³/mol. The van der Waals surface area contributed by atoms with Crippen molar-refractivity contribution in [3.63, 3.8) is 0 Å². The number of urea groups is 1. The maximum atomic E-state index is 12.7. The number of amides is 2. The van der Waals surface area contributed by atoms with E-state index in [1.54, 1.807) is 12.1 Å². The number of carbonyl (C=O) groups excluding carboxylic acids is 1. The lowest BCUT2D eigenvalue weighted by atomic mass is 9.94. The van der Waals surface area contributed by atoms with E-state index in [-0.39, 0.29) is 12.6 Å². The monoisotopic (exact) mass is 373 g/mol. The van der Waals surface area contributed by atoms with Gasteiger partial charge in [-0.2, -0.15) is 5.26 Å². The van der Waals surface area contributed by atoms with Gasteiger partial charge in [0.1, 0.15) is 0 Å². The van der Waals surface area contributed by atoms with E-state index in [2.05, 4.69) is 6.07 Å². The minimum Gasteiger partial charge on any atom is -0.396 e. The highest BCUT2D eigenvalue weighted by Gasteiger charge is 2.28. The van der Waals surface area contributed by atoms with Crippen LogP contribution in [0.25, 0.3) is 5.57 Å². The number of hydrogen-bond acceptors (Lipinski definition) is 3. The zero-order chi connectivity index (χ0) is 18.5. The number of nitrogens with zero attached hydrogens (tertiary/aromatic N) is 3. The molecule has 2 fully saturated rings. The van der Waals surface area contributed by atoms with E-state index in [9.17, 15) is 15.2 Å². The predicted octanol–water partition coefficient (Wildman–Crippen LogP) is 3.54. The van der Waals surface area contributed by atoms with Crippen molar-refractivity contribution in [3.05, 3.63) is 40.4 Å². The molecule has 2 amide bonds. The fourth-order valence-electron chi connectivity index (χ4n) is 3.69. The summed E-state index contributed by atoms with van der Waals surface area (Å²) < 4.78 is 0. The second-order valence-corrected chi connectivity index (χ2v) is 7.42. The topological polar surface area (TPSA) is 67.6 Å². The Morgan fingerprint density at radius 3 is 2.23 bits per heavy atom. The van der Waals surface area contributed by atoms with Crippen molar-refractivity contribution in [1.29, 1.82) is 5.26 Å². The third kappa shape index (κ3) is 4.20. The number of carbonyl (C=O) groups is 1. The Hall–Kier alpha value is -2.03. The van der Waals surface area contributed by atoms with Crippen LogP contribution in [0.2, 0.25) is 5.02 Å². The maximum absolute atomic E-state index is 12.7. The summed E-state index contributed by atoms with van der Waals surface area (Å²) in [5, 5.41) is 19.5. The molecule has 0 spiro atoms.